The van der Waals surface area contributed by atoms with Crippen LogP contribution in [0.5, 0.6) is 0 Å². The lowest BCUT2D eigenvalue weighted by molar-refractivity contribution is 0.0689. The molecule has 2 atom stereocenters. The topological polar surface area (TPSA) is 66.4 Å². The lowest BCUT2D eigenvalue weighted by Gasteiger charge is -2.19. The van der Waals surface area contributed by atoms with Crippen molar-refractivity contribution in [3.05, 3.63) is 34.4 Å². The zero-order valence-corrected chi connectivity index (χ0v) is 13.5. The number of aryl methyl sites for hydroxylation is 2. The molecule has 4 nitrogen and oxygen atoms in total. The Balaban J connectivity index is 3.02. The SMILES string of the molecule is CCC(C)CC(C)NC(=O)c1c(C)ccc(C)c1C(=O)O. The van der Waals surface area contributed by atoms with Crippen molar-refractivity contribution < 1.29 is 14.7 Å². The number of rotatable bonds is 6. The molecule has 2 unspecified atom stereocenters. The molecule has 0 fully saturated rings. The highest BCUT2D eigenvalue weighted by atomic mass is 16.4. The van der Waals surface area contributed by atoms with Crippen molar-refractivity contribution in [2.45, 2.75) is 53.5 Å². The average molecular weight is 291 g/mol. The molecule has 2 N–H and O–H groups in total. The van der Waals surface area contributed by atoms with E-state index in [2.05, 4.69) is 19.2 Å². The highest BCUT2D eigenvalue weighted by Gasteiger charge is 2.22. The van der Waals surface area contributed by atoms with E-state index in [4.69, 9.17) is 0 Å². The van der Waals surface area contributed by atoms with Gasteiger partial charge in [-0.1, -0.05) is 32.4 Å². The lowest BCUT2D eigenvalue weighted by Crippen LogP contribution is -2.35. The molecular weight excluding hydrogens is 266 g/mol. The summed E-state index contributed by atoms with van der Waals surface area (Å²) in [4.78, 5) is 23.9. The van der Waals surface area contributed by atoms with Gasteiger partial charge in [-0.25, -0.2) is 4.79 Å². The average Bonchev–Trinajstić information content (AvgIpc) is 2.39. The highest BCUT2D eigenvalue weighted by Crippen LogP contribution is 2.19. The predicted molar refractivity (Wildman–Crippen MR) is 83.9 cm³/mol. The van der Waals surface area contributed by atoms with E-state index < -0.39 is 5.97 Å². The number of aromatic carboxylic acids is 1. The summed E-state index contributed by atoms with van der Waals surface area (Å²) < 4.78 is 0. The Labute approximate surface area is 126 Å². The van der Waals surface area contributed by atoms with Crippen LogP contribution >= 0.6 is 0 Å². The zero-order valence-electron chi connectivity index (χ0n) is 13.5. The Morgan fingerprint density at radius 1 is 1.14 bits per heavy atom. The fourth-order valence-electron chi connectivity index (χ4n) is 2.50. The number of carboxylic acid groups (broad SMARTS) is 1. The van der Waals surface area contributed by atoms with Crippen molar-refractivity contribution in [2.24, 2.45) is 5.92 Å². The molecule has 0 aliphatic heterocycles. The summed E-state index contributed by atoms with van der Waals surface area (Å²) in [5.41, 5.74) is 1.67. The molecule has 0 spiro atoms. The van der Waals surface area contributed by atoms with Gasteiger partial charge in [-0.3, -0.25) is 4.79 Å². The second-order valence-corrected chi connectivity index (χ2v) is 5.88. The normalized spacial score (nSPS) is 13.6. The first-order chi connectivity index (χ1) is 9.77. The van der Waals surface area contributed by atoms with Crippen LogP contribution in [0, 0.1) is 19.8 Å². The molecule has 0 aromatic heterocycles. The van der Waals surface area contributed by atoms with Crippen LogP contribution in [0.1, 0.15) is 65.5 Å². The van der Waals surface area contributed by atoms with Crippen LogP contribution < -0.4 is 5.32 Å². The van der Waals surface area contributed by atoms with Gasteiger partial charge < -0.3 is 10.4 Å². The molecule has 0 radical (unpaired) electrons. The summed E-state index contributed by atoms with van der Waals surface area (Å²) in [6.07, 6.45) is 1.94. The molecule has 1 rings (SSSR count). The van der Waals surface area contributed by atoms with E-state index in [-0.39, 0.29) is 23.1 Å². The number of carbonyl (C=O) groups is 2. The van der Waals surface area contributed by atoms with E-state index in [1.54, 1.807) is 26.0 Å². The number of hydrogen-bond donors (Lipinski definition) is 2. The Morgan fingerprint density at radius 2 is 1.67 bits per heavy atom. The van der Waals surface area contributed by atoms with Crippen LogP contribution in [0.4, 0.5) is 0 Å². The molecule has 21 heavy (non-hydrogen) atoms. The van der Waals surface area contributed by atoms with Gasteiger partial charge in [0.25, 0.3) is 5.91 Å². The number of nitrogens with one attached hydrogen (secondary N) is 1. The maximum atomic E-state index is 12.4. The third-order valence-electron chi connectivity index (χ3n) is 3.89. The first-order valence-corrected chi connectivity index (χ1v) is 7.42. The van der Waals surface area contributed by atoms with Gasteiger partial charge in [-0.15, -0.1) is 0 Å². The first-order valence-electron chi connectivity index (χ1n) is 7.42. The molecule has 0 aliphatic rings. The van der Waals surface area contributed by atoms with Gasteiger partial charge in [0.15, 0.2) is 0 Å². The van der Waals surface area contributed by atoms with Crippen LogP contribution in [-0.2, 0) is 0 Å². The fourth-order valence-corrected chi connectivity index (χ4v) is 2.50. The Morgan fingerprint density at radius 3 is 2.14 bits per heavy atom. The minimum atomic E-state index is -1.06. The summed E-state index contributed by atoms with van der Waals surface area (Å²) in [7, 11) is 0. The van der Waals surface area contributed by atoms with Crippen LogP contribution in [0.25, 0.3) is 0 Å². The zero-order chi connectivity index (χ0) is 16.2. The minimum Gasteiger partial charge on any atom is -0.478 e. The van der Waals surface area contributed by atoms with E-state index in [1.165, 1.54) is 0 Å². The molecular formula is C17H25NO3. The van der Waals surface area contributed by atoms with Crippen LogP contribution in [0.15, 0.2) is 12.1 Å². The highest BCUT2D eigenvalue weighted by molar-refractivity contribution is 6.06. The van der Waals surface area contributed by atoms with Crippen molar-refractivity contribution in [1.82, 2.24) is 5.32 Å². The molecule has 0 saturated carbocycles. The van der Waals surface area contributed by atoms with E-state index in [0.717, 1.165) is 12.8 Å². The molecule has 116 valence electrons. The van der Waals surface area contributed by atoms with Gasteiger partial charge in [0.05, 0.1) is 11.1 Å². The maximum absolute atomic E-state index is 12.4. The second-order valence-electron chi connectivity index (χ2n) is 5.88. The Hall–Kier alpha value is -1.84. The lowest BCUT2D eigenvalue weighted by atomic mass is 9.95. The molecule has 0 saturated heterocycles. The van der Waals surface area contributed by atoms with Gasteiger partial charge in [-0.2, -0.15) is 0 Å². The number of hydrogen-bond acceptors (Lipinski definition) is 2. The molecule has 1 aromatic carbocycles. The van der Waals surface area contributed by atoms with Crippen LogP contribution in [-0.4, -0.2) is 23.0 Å². The quantitative estimate of drug-likeness (QED) is 0.842. The Kier molecular flexibility index (Phi) is 5.94. The fraction of sp³-hybridized carbons (Fsp3) is 0.529. The largest absolute Gasteiger partial charge is 0.478 e. The predicted octanol–water partition coefficient (Wildman–Crippen LogP) is 3.56. The van der Waals surface area contributed by atoms with Crippen molar-refractivity contribution in [2.75, 3.05) is 0 Å². The van der Waals surface area contributed by atoms with Crippen molar-refractivity contribution in [1.29, 1.82) is 0 Å². The summed E-state index contributed by atoms with van der Waals surface area (Å²) in [5.74, 6) is -0.835. The summed E-state index contributed by atoms with van der Waals surface area (Å²) in [6.45, 7) is 9.69. The third-order valence-corrected chi connectivity index (χ3v) is 3.89. The number of amides is 1. The monoisotopic (exact) mass is 291 g/mol. The van der Waals surface area contributed by atoms with Gasteiger partial charge in [-0.05, 0) is 44.2 Å². The Bertz CT molecular complexity index is 537. The van der Waals surface area contributed by atoms with E-state index in [9.17, 15) is 14.7 Å². The summed E-state index contributed by atoms with van der Waals surface area (Å²) >= 11 is 0. The van der Waals surface area contributed by atoms with Crippen LogP contribution in [0.3, 0.4) is 0 Å². The number of benzene rings is 1. The second kappa shape index (κ2) is 7.25. The van der Waals surface area contributed by atoms with Gasteiger partial charge in [0.2, 0.25) is 0 Å². The van der Waals surface area contributed by atoms with E-state index in [1.807, 2.05) is 6.92 Å². The molecule has 4 heteroatoms. The van der Waals surface area contributed by atoms with Crippen molar-refractivity contribution >= 4 is 11.9 Å². The first kappa shape index (κ1) is 17.2. The van der Waals surface area contributed by atoms with Crippen molar-refractivity contribution in [3.8, 4) is 0 Å². The molecule has 0 bridgehead atoms. The molecule has 0 heterocycles. The van der Waals surface area contributed by atoms with Gasteiger partial charge in [0, 0.05) is 6.04 Å². The van der Waals surface area contributed by atoms with Crippen LogP contribution in [0.2, 0.25) is 0 Å². The van der Waals surface area contributed by atoms with Gasteiger partial charge in [0.1, 0.15) is 0 Å². The van der Waals surface area contributed by atoms with Gasteiger partial charge >= 0.3 is 5.97 Å². The number of carbonyl (C=O) groups excluding carboxylic acids is 1. The summed E-state index contributed by atoms with van der Waals surface area (Å²) in [5, 5.41) is 12.3. The van der Waals surface area contributed by atoms with E-state index >= 15 is 0 Å². The standard InChI is InChI=1S/C17H25NO3/c1-6-10(2)9-13(5)18-16(19)14-11(3)7-8-12(4)15(14)17(20)21/h7-8,10,13H,6,9H2,1-5H3,(H,18,19)(H,20,21). The molecule has 1 amide bonds. The summed E-state index contributed by atoms with van der Waals surface area (Å²) in [6, 6.07) is 3.54. The maximum Gasteiger partial charge on any atom is 0.336 e. The number of carboxylic acids is 1. The third kappa shape index (κ3) is 4.31. The molecule has 1 aromatic rings. The minimum absolute atomic E-state index is 0.0222. The van der Waals surface area contributed by atoms with E-state index in [0.29, 0.717) is 17.0 Å². The molecule has 0 aliphatic carbocycles. The smallest absolute Gasteiger partial charge is 0.336 e. The van der Waals surface area contributed by atoms with Crippen molar-refractivity contribution in [3.63, 3.8) is 0 Å².